The number of para-hydroxylation sites is 1. The molecule has 1 N–H and O–H groups in total. The predicted molar refractivity (Wildman–Crippen MR) is 98.9 cm³/mol. The zero-order chi connectivity index (χ0) is 19.1. The fourth-order valence-electron chi connectivity index (χ4n) is 2.94. The number of aromatic nitrogens is 4. The minimum Gasteiger partial charge on any atom is -0.494 e. The molecule has 1 atom stereocenters. The van der Waals surface area contributed by atoms with Crippen molar-refractivity contribution in [1.29, 1.82) is 0 Å². The van der Waals surface area contributed by atoms with Crippen molar-refractivity contribution >= 4 is 45.3 Å². The van der Waals surface area contributed by atoms with Crippen molar-refractivity contribution in [2.45, 2.75) is 19.2 Å². The number of carbonyl (C=O) groups is 2. The van der Waals surface area contributed by atoms with Gasteiger partial charge in [-0.15, -0.1) is 10.2 Å². The normalized spacial score (nSPS) is 16.6. The number of benzene rings is 1. The number of tetrazole rings is 1. The molecule has 27 heavy (non-hydrogen) atoms. The number of rotatable bonds is 2. The number of hydrazone groups is 1. The molecule has 2 amide bonds. The summed E-state index contributed by atoms with van der Waals surface area (Å²) in [5.74, 6) is 0.112. The number of pyridine rings is 1. The lowest BCUT2D eigenvalue weighted by atomic mass is 10.1. The van der Waals surface area contributed by atoms with E-state index in [9.17, 15) is 9.59 Å². The highest BCUT2D eigenvalue weighted by molar-refractivity contribution is 8.14. The number of hydrogen-bond donors (Lipinski definition) is 1. The fourth-order valence-corrected chi connectivity index (χ4v) is 4.09. The van der Waals surface area contributed by atoms with Crippen LogP contribution in [-0.2, 0) is 9.59 Å². The van der Waals surface area contributed by atoms with Crippen LogP contribution >= 0.6 is 11.8 Å². The monoisotopic (exact) mass is 385 g/mol. The molecule has 0 aliphatic carbocycles. The average Bonchev–Trinajstić information content (AvgIpc) is 3.27. The summed E-state index contributed by atoms with van der Waals surface area (Å²) >= 11 is 1.25. The second-order valence-electron chi connectivity index (χ2n) is 5.83. The SMILES string of the molecule is COc1cccc2cc(C3SC(NC(C)=O)=NN3C(C)=O)c3nnnn3c12. The Kier molecular flexibility index (Phi) is 4.15. The quantitative estimate of drug-likeness (QED) is 0.707. The number of amides is 2. The Morgan fingerprint density at radius 3 is 2.81 bits per heavy atom. The lowest BCUT2D eigenvalue weighted by Crippen LogP contribution is -2.25. The Bertz CT molecular complexity index is 1110. The van der Waals surface area contributed by atoms with E-state index in [1.807, 2.05) is 24.3 Å². The molecule has 2 aromatic heterocycles. The smallest absolute Gasteiger partial charge is 0.241 e. The summed E-state index contributed by atoms with van der Waals surface area (Å²) in [7, 11) is 1.58. The number of fused-ring (bicyclic) bond motifs is 3. The minimum atomic E-state index is -0.506. The molecule has 3 heterocycles. The van der Waals surface area contributed by atoms with Gasteiger partial charge in [0.1, 0.15) is 16.6 Å². The lowest BCUT2D eigenvalue weighted by molar-refractivity contribution is -0.129. The van der Waals surface area contributed by atoms with Crippen molar-refractivity contribution in [3.05, 3.63) is 29.8 Å². The molecule has 0 fully saturated rings. The molecule has 11 heteroatoms. The Hall–Kier alpha value is -3.21. The van der Waals surface area contributed by atoms with E-state index < -0.39 is 5.37 Å². The number of amidine groups is 1. The highest BCUT2D eigenvalue weighted by atomic mass is 32.2. The number of ether oxygens (including phenoxy) is 1. The molecule has 0 bridgehead atoms. The molecular formula is C16H15N7O3S. The molecular weight excluding hydrogens is 370 g/mol. The van der Waals surface area contributed by atoms with E-state index in [-0.39, 0.29) is 11.8 Å². The first kappa shape index (κ1) is 17.2. The third-order valence-corrected chi connectivity index (χ3v) is 5.10. The Labute approximate surface area is 157 Å². The average molecular weight is 385 g/mol. The van der Waals surface area contributed by atoms with E-state index in [0.717, 1.165) is 10.9 Å². The fraction of sp³-hybridized carbons (Fsp3) is 0.250. The Balaban J connectivity index is 1.89. The Morgan fingerprint density at radius 2 is 2.11 bits per heavy atom. The van der Waals surface area contributed by atoms with E-state index >= 15 is 0 Å². The molecule has 1 aliphatic rings. The third-order valence-electron chi connectivity index (χ3n) is 4.02. The molecule has 3 aromatic rings. The molecule has 1 unspecified atom stereocenters. The highest BCUT2D eigenvalue weighted by Crippen LogP contribution is 2.41. The summed E-state index contributed by atoms with van der Waals surface area (Å²) in [6.07, 6.45) is 0. The maximum Gasteiger partial charge on any atom is 0.241 e. The lowest BCUT2D eigenvalue weighted by Gasteiger charge is -2.20. The molecule has 0 saturated heterocycles. The van der Waals surface area contributed by atoms with Crippen LogP contribution in [0, 0.1) is 0 Å². The van der Waals surface area contributed by atoms with Gasteiger partial charge in [0.15, 0.2) is 10.8 Å². The highest BCUT2D eigenvalue weighted by Gasteiger charge is 2.35. The van der Waals surface area contributed by atoms with Crippen LogP contribution in [0.15, 0.2) is 29.4 Å². The standard InChI is InChI=1S/C16H15N7O3S/c1-8(24)17-16-19-22(9(2)25)15(27-16)11-7-10-5-4-6-12(26-3)13(10)23-14(11)18-20-21-23/h4-7,15H,1-3H3,(H,17,19,24). The van der Waals surface area contributed by atoms with Crippen LogP contribution in [0.1, 0.15) is 24.8 Å². The van der Waals surface area contributed by atoms with Crippen LogP contribution in [-0.4, -0.2) is 49.1 Å². The number of methoxy groups -OCH3 is 1. The van der Waals surface area contributed by atoms with Gasteiger partial charge in [0.05, 0.1) is 7.11 Å². The van der Waals surface area contributed by atoms with Crippen LogP contribution in [0.3, 0.4) is 0 Å². The van der Waals surface area contributed by atoms with Gasteiger partial charge in [0.25, 0.3) is 0 Å². The zero-order valence-corrected chi connectivity index (χ0v) is 15.5. The minimum absolute atomic E-state index is 0.260. The van der Waals surface area contributed by atoms with Gasteiger partial charge < -0.3 is 10.1 Å². The van der Waals surface area contributed by atoms with Gasteiger partial charge >= 0.3 is 0 Å². The van der Waals surface area contributed by atoms with Gasteiger partial charge in [-0.25, -0.2) is 5.01 Å². The topological polar surface area (TPSA) is 114 Å². The van der Waals surface area contributed by atoms with Gasteiger partial charge in [0, 0.05) is 24.8 Å². The second kappa shape index (κ2) is 6.50. The van der Waals surface area contributed by atoms with E-state index in [0.29, 0.717) is 22.1 Å². The second-order valence-corrected chi connectivity index (χ2v) is 6.90. The summed E-state index contributed by atoms with van der Waals surface area (Å²) in [4.78, 5) is 23.5. The summed E-state index contributed by atoms with van der Waals surface area (Å²) in [5, 5.41) is 20.8. The van der Waals surface area contributed by atoms with E-state index in [1.54, 1.807) is 11.6 Å². The van der Waals surface area contributed by atoms with Crippen molar-refractivity contribution < 1.29 is 14.3 Å². The summed E-state index contributed by atoms with van der Waals surface area (Å²) in [5.41, 5.74) is 1.91. The van der Waals surface area contributed by atoms with E-state index in [2.05, 4.69) is 25.9 Å². The van der Waals surface area contributed by atoms with Crippen molar-refractivity contribution in [3.8, 4) is 5.75 Å². The van der Waals surface area contributed by atoms with Crippen LogP contribution < -0.4 is 10.1 Å². The number of carbonyl (C=O) groups excluding carboxylic acids is 2. The molecule has 1 aromatic carbocycles. The molecule has 1 aliphatic heterocycles. The van der Waals surface area contributed by atoms with Crippen LogP contribution in [0.4, 0.5) is 0 Å². The first-order valence-electron chi connectivity index (χ1n) is 8.00. The third kappa shape index (κ3) is 2.85. The van der Waals surface area contributed by atoms with Crippen molar-refractivity contribution in [2.75, 3.05) is 7.11 Å². The van der Waals surface area contributed by atoms with Gasteiger partial charge in [0.2, 0.25) is 11.8 Å². The number of hydrogen-bond acceptors (Lipinski definition) is 8. The molecule has 0 radical (unpaired) electrons. The largest absolute Gasteiger partial charge is 0.494 e. The van der Waals surface area contributed by atoms with Crippen molar-refractivity contribution in [3.63, 3.8) is 0 Å². The first-order valence-corrected chi connectivity index (χ1v) is 8.88. The van der Waals surface area contributed by atoms with Crippen LogP contribution in [0.5, 0.6) is 5.75 Å². The van der Waals surface area contributed by atoms with Crippen LogP contribution in [0.2, 0.25) is 0 Å². The molecule has 138 valence electrons. The molecule has 4 rings (SSSR count). The maximum absolute atomic E-state index is 12.1. The summed E-state index contributed by atoms with van der Waals surface area (Å²) in [6.45, 7) is 2.80. The van der Waals surface area contributed by atoms with Gasteiger partial charge in [-0.3, -0.25) is 9.59 Å². The summed E-state index contributed by atoms with van der Waals surface area (Å²) < 4.78 is 7.02. The molecule has 0 spiro atoms. The predicted octanol–water partition coefficient (Wildman–Crippen LogP) is 1.29. The Morgan fingerprint density at radius 1 is 1.30 bits per heavy atom. The van der Waals surface area contributed by atoms with Crippen molar-refractivity contribution in [2.24, 2.45) is 5.10 Å². The number of nitrogens with one attached hydrogen (secondary N) is 1. The van der Waals surface area contributed by atoms with Crippen LogP contribution in [0.25, 0.3) is 16.6 Å². The van der Waals surface area contributed by atoms with Gasteiger partial charge in [-0.1, -0.05) is 23.9 Å². The van der Waals surface area contributed by atoms with E-state index in [4.69, 9.17) is 4.74 Å². The number of thioether (sulfide) groups is 1. The summed E-state index contributed by atoms with van der Waals surface area (Å²) in [6, 6.07) is 7.51. The van der Waals surface area contributed by atoms with Gasteiger partial charge in [-0.2, -0.15) is 4.52 Å². The van der Waals surface area contributed by atoms with E-state index in [1.165, 1.54) is 30.6 Å². The van der Waals surface area contributed by atoms with Gasteiger partial charge in [-0.05, 0) is 22.6 Å². The number of nitrogens with zero attached hydrogens (tertiary/aromatic N) is 6. The molecule has 0 saturated carbocycles. The van der Waals surface area contributed by atoms with Crippen molar-refractivity contribution in [1.82, 2.24) is 30.4 Å². The molecule has 10 nitrogen and oxygen atoms in total. The zero-order valence-electron chi connectivity index (χ0n) is 14.7. The first-order chi connectivity index (χ1) is 13.0. The maximum atomic E-state index is 12.1.